The molecule has 1 amide bonds. The largest absolute Gasteiger partial charge is 0.573 e. The molecule has 3 rings (SSSR count). The van der Waals surface area contributed by atoms with Crippen LogP contribution in [0.2, 0.25) is 0 Å². The number of hydrogen-bond acceptors (Lipinski definition) is 5. The Morgan fingerprint density at radius 2 is 1.90 bits per heavy atom. The fraction of sp³-hybridized carbons (Fsp3) is 0.250. The van der Waals surface area contributed by atoms with E-state index in [2.05, 4.69) is 10.1 Å². The number of ether oxygens (including phenoxy) is 2. The molecular weight excluding hydrogens is 426 g/mol. The summed E-state index contributed by atoms with van der Waals surface area (Å²) in [5.74, 6) is -1.39. The third-order valence-corrected chi connectivity index (χ3v) is 5.41. The van der Waals surface area contributed by atoms with Gasteiger partial charge in [0.05, 0.1) is 17.6 Å². The van der Waals surface area contributed by atoms with E-state index in [1.807, 2.05) is 0 Å². The van der Waals surface area contributed by atoms with Crippen LogP contribution in [-0.4, -0.2) is 31.0 Å². The number of aliphatic hydroxyl groups is 1. The molecule has 2 aromatic carbocycles. The Morgan fingerprint density at radius 3 is 2.53 bits per heavy atom. The predicted octanol–water partition coefficient (Wildman–Crippen LogP) is 4.55. The number of carbonyl (C=O) groups is 1. The second-order valence-electron chi connectivity index (χ2n) is 6.30. The van der Waals surface area contributed by atoms with Crippen LogP contribution >= 0.6 is 11.3 Å². The van der Waals surface area contributed by atoms with Crippen LogP contribution in [-0.2, 0) is 11.3 Å². The molecule has 0 bridgehead atoms. The van der Waals surface area contributed by atoms with Crippen LogP contribution < -0.4 is 10.1 Å². The van der Waals surface area contributed by atoms with Crippen LogP contribution in [0.4, 0.5) is 17.6 Å². The molecule has 1 aromatic heterocycles. The third-order valence-electron chi connectivity index (χ3n) is 4.21. The number of benzene rings is 2. The summed E-state index contributed by atoms with van der Waals surface area (Å²) in [7, 11) is 1.43. The zero-order valence-corrected chi connectivity index (χ0v) is 16.4. The first kappa shape index (κ1) is 22.0. The highest BCUT2D eigenvalue weighted by molar-refractivity contribution is 7.21. The number of fused-ring (bicyclic) bond motifs is 1. The molecule has 3 aromatic rings. The van der Waals surface area contributed by atoms with E-state index in [1.54, 1.807) is 12.1 Å². The normalized spacial score (nSPS) is 12.7. The second kappa shape index (κ2) is 8.99. The van der Waals surface area contributed by atoms with Gasteiger partial charge in [-0.2, -0.15) is 0 Å². The average molecular weight is 443 g/mol. The van der Waals surface area contributed by atoms with Gasteiger partial charge in [0.2, 0.25) is 0 Å². The fourth-order valence-corrected chi connectivity index (χ4v) is 4.05. The van der Waals surface area contributed by atoms with E-state index in [0.717, 1.165) is 23.5 Å². The topological polar surface area (TPSA) is 67.8 Å². The van der Waals surface area contributed by atoms with Gasteiger partial charge in [0.25, 0.3) is 5.91 Å². The van der Waals surface area contributed by atoms with E-state index in [1.165, 1.54) is 25.3 Å². The second-order valence-corrected chi connectivity index (χ2v) is 7.35. The Labute approximate surface area is 172 Å². The van der Waals surface area contributed by atoms with Crippen molar-refractivity contribution in [2.24, 2.45) is 0 Å². The molecule has 2 N–H and O–H groups in total. The first-order chi connectivity index (χ1) is 14.2. The number of nitrogens with one attached hydrogen (secondary N) is 1. The van der Waals surface area contributed by atoms with Crippen molar-refractivity contribution in [1.82, 2.24) is 5.32 Å². The van der Waals surface area contributed by atoms with Gasteiger partial charge < -0.3 is 19.9 Å². The molecular formula is C20H17F4NO4S. The molecule has 10 heteroatoms. The van der Waals surface area contributed by atoms with Crippen molar-refractivity contribution in [2.75, 3.05) is 13.7 Å². The molecule has 0 aliphatic heterocycles. The number of alkyl halides is 3. The van der Waals surface area contributed by atoms with Gasteiger partial charge in [0.1, 0.15) is 11.6 Å². The standard InChI is InChI=1S/C20H17F4NO4S/c1-28-10-13-17-14(21)3-2-4-16(17)30-18(13)19(27)25-9-15(26)11-5-7-12(8-6-11)29-20(22,23)24/h2-8,15,26H,9-10H2,1H3,(H,25,27). The number of hydrogen-bond donors (Lipinski definition) is 2. The van der Waals surface area contributed by atoms with Crippen molar-refractivity contribution < 1.29 is 36.9 Å². The summed E-state index contributed by atoms with van der Waals surface area (Å²) in [6.45, 7) is -0.158. The molecule has 0 saturated heterocycles. The number of thiophene rings is 1. The zero-order valence-electron chi connectivity index (χ0n) is 15.6. The molecule has 0 aliphatic rings. The van der Waals surface area contributed by atoms with Gasteiger partial charge in [-0.05, 0) is 29.8 Å². The summed E-state index contributed by atoms with van der Waals surface area (Å²) < 4.78 is 60.3. The van der Waals surface area contributed by atoms with Crippen molar-refractivity contribution in [3.05, 3.63) is 64.3 Å². The summed E-state index contributed by atoms with van der Waals surface area (Å²) in [6.07, 6.45) is -5.97. The van der Waals surface area contributed by atoms with Crippen molar-refractivity contribution in [2.45, 2.75) is 19.1 Å². The number of rotatable bonds is 7. The lowest BCUT2D eigenvalue weighted by Crippen LogP contribution is -2.28. The first-order valence-corrected chi connectivity index (χ1v) is 9.52. The van der Waals surface area contributed by atoms with Crippen molar-refractivity contribution in [3.63, 3.8) is 0 Å². The maximum atomic E-state index is 14.2. The predicted molar refractivity (Wildman–Crippen MR) is 103 cm³/mol. The Hall–Kier alpha value is -2.69. The van der Waals surface area contributed by atoms with Crippen LogP contribution in [0.1, 0.15) is 26.9 Å². The number of carbonyl (C=O) groups excluding carboxylic acids is 1. The molecule has 5 nitrogen and oxygen atoms in total. The number of halogens is 4. The van der Waals surface area contributed by atoms with Gasteiger partial charge in [-0.3, -0.25) is 4.79 Å². The first-order valence-electron chi connectivity index (χ1n) is 8.70. The van der Waals surface area contributed by atoms with Crippen LogP contribution in [0.3, 0.4) is 0 Å². The van der Waals surface area contributed by atoms with Gasteiger partial charge in [-0.1, -0.05) is 18.2 Å². The molecule has 0 aliphatic carbocycles. The average Bonchev–Trinajstić information content (AvgIpc) is 3.05. The minimum Gasteiger partial charge on any atom is -0.406 e. The molecule has 1 heterocycles. The quantitative estimate of drug-likeness (QED) is 0.526. The number of amides is 1. The minimum absolute atomic E-state index is 0.0346. The monoisotopic (exact) mass is 443 g/mol. The van der Waals surface area contributed by atoms with Crippen molar-refractivity contribution in [3.8, 4) is 5.75 Å². The van der Waals surface area contributed by atoms with E-state index >= 15 is 0 Å². The Kier molecular flexibility index (Phi) is 6.59. The fourth-order valence-electron chi connectivity index (χ4n) is 2.91. The Morgan fingerprint density at radius 1 is 1.20 bits per heavy atom. The van der Waals surface area contributed by atoms with Crippen molar-refractivity contribution in [1.29, 1.82) is 0 Å². The lowest BCUT2D eigenvalue weighted by atomic mass is 10.1. The summed E-state index contributed by atoms with van der Waals surface area (Å²) in [5, 5.41) is 13.1. The van der Waals surface area contributed by atoms with Crippen molar-refractivity contribution >= 4 is 27.3 Å². The third kappa shape index (κ3) is 5.07. The molecule has 1 unspecified atom stereocenters. The lowest BCUT2D eigenvalue weighted by Gasteiger charge is -2.14. The molecule has 0 spiro atoms. The zero-order chi connectivity index (χ0) is 21.9. The molecule has 160 valence electrons. The highest BCUT2D eigenvalue weighted by Crippen LogP contribution is 2.34. The molecule has 30 heavy (non-hydrogen) atoms. The van der Waals surface area contributed by atoms with Gasteiger partial charge in [0.15, 0.2) is 0 Å². The summed E-state index contributed by atoms with van der Waals surface area (Å²) in [6, 6.07) is 9.21. The SMILES string of the molecule is COCc1c(C(=O)NCC(O)c2ccc(OC(F)(F)F)cc2)sc2cccc(F)c12. The number of aliphatic hydroxyl groups excluding tert-OH is 1. The van der Waals surface area contributed by atoms with Crippen LogP contribution in [0.15, 0.2) is 42.5 Å². The van der Waals surface area contributed by atoms with E-state index in [4.69, 9.17) is 4.74 Å². The lowest BCUT2D eigenvalue weighted by molar-refractivity contribution is -0.274. The smallest absolute Gasteiger partial charge is 0.406 e. The van der Waals surface area contributed by atoms with Gasteiger partial charge in [0, 0.05) is 29.3 Å². The molecule has 1 atom stereocenters. The summed E-state index contributed by atoms with van der Waals surface area (Å²) in [4.78, 5) is 12.9. The van der Waals surface area contributed by atoms with E-state index in [0.29, 0.717) is 21.2 Å². The van der Waals surface area contributed by atoms with Gasteiger partial charge >= 0.3 is 6.36 Å². The van der Waals surface area contributed by atoms with E-state index in [9.17, 15) is 27.5 Å². The van der Waals surface area contributed by atoms with E-state index < -0.39 is 29.9 Å². The van der Waals surface area contributed by atoms with Crippen LogP contribution in [0.5, 0.6) is 5.75 Å². The van der Waals surface area contributed by atoms with Crippen LogP contribution in [0, 0.1) is 5.82 Å². The number of methoxy groups -OCH3 is 1. The van der Waals surface area contributed by atoms with Gasteiger partial charge in [-0.25, -0.2) is 4.39 Å². The highest BCUT2D eigenvalue weighted by Gasteiger charge is 2.31. The van der Waals surface area contributed by atoms with Crippen LogP contribution in [0.25, 0.3) is 10.1 Å². The summed E-state index contributed by atoms with van der Waals surface area (Å²) >= 11 is 1.10. The molecule has 0 saturated carbocycles. The van der Waals surface area contributed by atoms with E-state index in [-0.39, 0.29) is 18.0 Å². The minimum atomic E-state index is -4.81. The Bertz CT molecular complexity index is 1030. The molecule has 0 radical (unpaired) electrons. The summed E-state index contributed by atoms with van der Waals surface area (Å²) in [5.41, 5.74) is 0.709. The Balaban J connectivity index is 1.71. The highest BCUT2D eigenvalue weighted by atomic mass is 32.1. The molecule has 0 fully saturated rings. The maximum absolute atomic E-state index is 14.2. The maximum Gasteiger partial charge on any atom is 0.573 e. The van der Waals surface area contributed by atoms with Gasteiger partial charge in [-0.15, -0.1) is 24.5 Å².